The molecule has 0 fully saturated rings. The molecule has 0 spiro atoms. The fourth-order valence-corrected chi connectivity index (χ4v) is 3.55. The molecular formula is C17H18N4O3S. The number of rotatable bonds is 5. The van der Waals surface area contributed by atoms with Crippen molar-refractivity contribution in [3.05, 3.63) is 48.3 Å². The van der Waals surface area contributed by atoms with Crippen molar-refractivity contribution < 1.29 is 13.2 Å². The molecule has 0 amide bonds. The van der Waals surface area contributed by atoms with Crippen LogP contribution < -0.4 is 4.72 Å². The Bertz CT molecular complexity index is 1050. The van der Waals surface area contributed by atoms with Gasteiger partial charge in [-0.3, -0.25) is 9.52 Å². The lowest BCUT2D eigenvalue weighted by molar-refractivity contribution is 0.101. The van der Waals surface area contributed by atoms with Gasteiger partial charge in [-0.15, -0.1) is 0 Å². The number of nitrogens with zero attached hydrogens (tertiary/aromatic N) is 3. The van der Waals surface area contributed by atoms with E-state index < -0.39 is 10.0 Å². The standard InChI is InChI=1S/C17H18N4O3S/c1-11(2)21-17-14(9-19-21)7-15(10-18-17)20-25(23,24)16-6-4-5-13(8-16)12(3)22/h4-11,20H,1-3H3. The number of sulfonamides is 1. The number of Topliss-reactive ketones (excluding diaryl/α,β-unsaturated/α-hetero) is 1. The Balaban J connectivity index is 1.94. The molecule has 25 heavy (non-hydrogen) atoms. The Kier molecular flexibility index (Phi) is 4.30. The van der Waals surface area contributed by atoms with Gasteiger partial charge in [0.25, 0.3) is 10.0 Å². The molecule has 0 saturated carbocycles. The number of aromatic nitrogens is 3. The van der Waals surface area contributed by atoms with E-state index >= 15 is 0 Å². The molecule has 0 saturated heterocycles. The molecule has 0 aliphatic heterocycles. The highest BCUT2D eigenvalue weighted by Crippen LogP contribution is 2.22. The van der Waals surface area contributed by atoms with Crippen molar-refractivity contribution in [3.63, 3.8) is 0 Å². The lowest BCUT2D eigenvalue weighted by atomic mass is 10.2. The van der Waals surface area contributed by atoms with E-state index in [1.165, 1.54) is 25.3 Å². The summed E-state index contributed by atoms with van der Waals surface area (Å²) in [5.41, 5.74) is 1.37. The Morgan fingerprint density at radius 2 is 1.96 bits per heavy atom. The van der Waals surface area contributed by atoms with Crippen LogP contribution >= 0.6 is 0 Å². The maximum absolute atomic E-state index is 12.6. The van der Waals surface area contributed by atoms with E-state index in [2.05, 4.69) is 14.8 Å². The van der Waals surface area contributed by atoms with E-state index in [9.17, 15) is 13.2 Å². The van der Waals surface area contributed by atoms with E-state index in [0.717, 1.165) is 5.39 Å². The molecule has 3 rings (SSSR count). The largest absolute Gasteiger partial charge is 0.295 e. The van der Waals surface area contributed by atoms with Crippen LogP contribution in [0.2, 0.25) is 0 Å². The number of nitrogens with one attached hydrogen (secondary N) is 1. The molecular weight excluding hydrogens is 340 g/mol. The minimum absolute atomic E-state index is 0.0261. The molecule has 0 bridgehead atoms. The highest BCUT2D eigenvalue weighted by Gasteiger charge is 2.17. The first-order valence-electron chi connectivity index (χ1n) is 7.75. The molecule has 1 N–H and O–H groups in total. The second-order valence-corrected chi connectivity index (χ2v) is 7.69. The number of hydrogen-bond donors (Lipinski definition) is 1. The molecule has 0 radical (unpaired) electrons. The summed E-state index contributed by atoms with van der Waals surface area (Å²) in [6.07, 6.45) is 3.10. The van der Waals surface area contributed by atoms with Crippen molar-refractivity contribution >= 4 is 32.5 Å². The smallest absolute Gasteiger partial charge is 0.261 e. The van der Waals surface area contributed by atoms with Crippen LogP contribution in [0.4, 0.5) is 5.69 Å². The number of carbonyl (C=O) groups excluding carboxylic acids is 1. The Hall–Kier alpha value is -2.74. The van der Waals surface area contributed by atoms with Gasteiger partial charge >= 0.3 is 0 Å². The minimum atomic E-state index is -3.82. The number of hydrogen-bond acceptors (Lipinski definition) is 5. The first kappa shape index (κ1) is 17.1. The molecule has 130 valence electrons. The number of carbonyl (C=O) groups is 1. The van der Waals surface area contributed by atoms with E-state index in [1.807, 2.05) is 13.8 Å². The Labute approximate surface area is 145 Å². The predicted molar refractivity (Wildman–Crippen MR) is 95.2 cm³/mol. The van der Waals surface area contributed by atoms with Crippen LogP contribution in [0.5, 0.6) is 0 Å². The summed E-state index contributed by atoms with van der Waals surface area (Å²) in [5, 5.41) is 5.00. The van der Waals surface area contributed by atoms with Crippen LogP contribution in [0, 0.1) is 0 Å². The molecule has 0 unspecified atom stereocenters. The SMILES string of the molecule is CC(=O)c1cccc(S(=O)(=O)Nc2cnc3c(cnn3C(C)C)c2)c1. The van der Waals surface area contributed by atoms with Gasteiger partial charge in [-0.05, 0) is 39.0 Å². The number of pyridine rings is 1. The highest BCUT2D eigenvalue weighted by molar-refractivity contribution is 7.92. The summed E-state index contributed by atoms with van der Waals surface area (Å²) >= 11 is 0. The molecule has 0 aliphatic rings. The zero-order valence-electron chi connectivity index (χ0n) is 14.1. The first-order valence-corrected chi connectivity index (χ1v) is 9.23. The third-order valence-electron chi connectivity index (χ3n) is 3.73. The van der Waals surface area contributed by atoms with Gasteiger partial charge in [0.05, 0.1) is 23.0 Å². The van der Waals surface area contributed by atoms with Crippen molar-refractivity contribution in [1.29, 1.82) is 0 Å². The number of ketones is 1. The number of benzene rings is 1. The van der Waals surface area contributed by atoms with Crippen molar-refractivity contribution in [2.75, 3.05) is 4.72 Å². The Morgan fingerprint density at radius 1 is 1.20 bits per heavy atom. The normalized spacial score (nSPS) is 11.8. The van der Waals surface area contributed by atoms with Crippen LogP contribution in [0.15, 0.2) is 47.6 Å². The predicted octanol–water partition coefficient (Wildman–Crippen LogP) is 3.02. The van der Waals surface area contributed by atoms with Gasteiger partial charge in [0, 0.05) is 17.0 Å². The fourth-order valence-electron chi connectivity index (χ4n) is 2.47. The van der Waals surface area contributed by atoms with E-state index in [0.29, 0.717) is 16.9 Å². The lowest BCUT2D eigenvalue weighted by Crippen LogP contribution is -2.13. The summed E-state index contributed by atoms with van der Waals surface area (Å²) in [6, 6.07) is 7.75. The molecule has 8 heteroatoms. The molecule has 2 heterocycles. The van der Waals surface area contributed by atoms with Crippen LogP contribution in [0.1, 0.15) is 37.2 Å². The highest BCUT2D eigenvalue weighted by atomic mass is 32.2. The summed E-state index contributed by atoms with van der Waals surface area (Å²) in [4.78, 5) is 15.8. The monoisotopic (exact) mass is 358 g/mol. The van der Waals surface area contributed by atoms with Crippen molar-refractivity contribution in [1.82, 2.24) is 14.8 Å². The molecule has 1 aromatic carbocycles. The van der Waals surface area contributed by atoms with Gasteiger partial charge in [-0.2, -0.15) is 5.10 Å². The third kappa shape index (κ3) is 3.39. The van der Waals surface area contributed by atoms with Crippen LogP contribution in [0.25, 0.3) is 11.0 Å². The van der Waals surface area contributed by atoms with Crippen LogP contribution in [-0.4, -0.2) is 29.0 Å². The van der Waals surface area contributed by atoms with Crippen LogP contribution in [0.3, 0.4) is 0 Å². The van der Waals surface area contributed by atoms with E-state index in [4.69, 9.17) is 0 Å². The fraction of sp³-hybridized carbons (Fsp3) is 0.235. The number of fused-ring (bicyclic) bond motifs is 1. The van der Waals surface area contributed by atoms with Gasteiger partial charge in [0.2, 0.25) is 0 Å². The second kappa shape index (κ2) is 6.29. The van der Waals surface area contributed by atoms with Gasteiger partial charge in [-0.25, -0.2) is 18.1 Å². The lowest BCUT2D eigenvalue weighted by Gasteiger charge is -2.10. The van der Waals surface area contributed by atoms with Gasteiger partial charge < -0.3 is 0 Å². The maximum atomic E-state index is 12.6. The summed E-state index contributed by atoms with van der Waals surface area (Å²) in [5.74, 6) is -0.193. The van der Waals surface area contributed by atoms with Gasteiger partial charge in [0.15, 0.2) is 11.4 Å². The minimum Gasteiger partial charge on any atom is -0.295 e. The zero-order chi connectivity index (χ0) is 18.2. The quantitative estimate of drug-likeness (QED) is 0.708. The van der Waals surface area contributed by atoms with Crippen molar-refractivity contribution in [2.45, 2.75) is 31.7 Å². The van der Waals surface area contributed by atoms with Crippen LogP contribution in [-0.2, 0) is 10.0 Å². The molecule has 3 aromatic rings. The average Bonchev–Trinajstić information content (AvgIpc) is 2.98. The molecule has 0 aliphatic carbocycles. The second-order valence-electron chi connectivity index (χ2n) is 6.01. The summed E-state index contributed by atoms with van der Waals surface area (Å²) < 4.78 is 29.4. The third-order valence-corrected chi connectivity index (χ3v) is 5.10. The molecule has 2 aromatic heterocycles. The van der Waals surface area contributed by atoms with E-state index in [-0.39, 0.29) is 16.7 Å². The zero-order valence-corrected chi connectivity index (χ0v) is 14.9. The van der Waals surface area contributed by atoms with E-state index in [1.54, 1.807) is 29.1 Å². The number of anilines is 1. The maximum Gasteiger partial charge on any atom is 0.261 e. The van der Waals surface area contributed by atoms with Crippen molar-refractivity contribution in [2.24, 2.45) is 0 Å². The summed E-state index contributed by atoms with van der Waals surface area (Å²) in [7, 11) is -3.82. The average molecular weight is 358 g/mol. The first-order chi connectivity index (χ1) is 11.8. The topological polar surface area (TPSA) is 93.9 Å². The van der Waals surface area contributed by atoms with Gasteiger partial charge in [-0.1, -0.05) is 12.1 Å². The van der Waals surface area contributed by atoms with Gasteiger partial charge in [0.1, 0.15) is 0 Å². The van der Waals surface area contributed by atoms with Crippen molar-refractivity contribution in [3.8, 4) is 0 Å². The summed E-state index contributed by atoms with van der Waals surface area (Å²) in [6.45, 7) is 5.38. The molecule has 7 nitrogen and oxygen atoms in total. The Morgan fingerprint density at radius 3 is 2.64 bits per heavy atom. The molecule has 0 atom stereocenters.